The third kappa shape index (κ3) is 14.5. The fourth-order valence-corrected chi connectivity index (χ4v) is 2.67. The first-order valence-electron chi connectivity index (χ1n) is 7.98. The summed E-state index contributed by atoms with van der Waals surface area (Å²) in [6, 6.07) is 0. The molecule has 0 aromatic rings. The molecule has 0 saturated heterocycles. The number of hydrogen-bond acceptors (Lipinski definition) is 3. The Balaban J connectivity index is 3.22. The van der Waals surface area contributed by atoms with Gasteiger partial charge in [-0.3, -0.25) is 9.36 Å². The van der Waals surface area contributed by atoms with Crippen molar-refractivity contribution in [3.8, 4) is 0 Å². The van der Waals surface area contributed by atoms with Crippen molar-refractivity contribution in [1.29, 1.82) is 0 Å². The lowest BCUT2D eigenvalue weighted by Gasteiger charge is -2.12. The van der Waals surface area contributed by atoms with Gasteiger partial charge in [0.2, 0.25) is 0 Å². The van der Waals surface area contributed by atoms with E-state index in [9.17, 15) is 9.46 Å². The minimum Gasteiger partial charge on any atom is -0.311 e. The molecule has 0 spiro atoms. The third-order valence-electron chi connectivity index (χ3n) is 3.09. The van der Waals surface area contributed by atoms with E-state index in [1.54, 1.807) is 6.92 Å². The molecular formula is C14H32NO4P. The van der Waals surface area contributed by atoms with Gasteiger partial charge in [0.1, 0.15) is 0 Å². The predicted molar refractivity (Wildman–Crippen MR) is 82.4 cm³/mol. The van der Waals surface area contributed by atoms with Crippen molar-refractivity contribution in [2.45, 2.75) is 78.1 Å². The fourth-order valence-electron chi connectivity index (χ4n) is 1.95. The predicted octanol–water partition coefficient (Wildman–Crippen LogP) is 4.57. The Morgan fingerprint density at radius 2 is 1.40 bits per heavy atom. The molecule has 0 amide bonds. The van der Waals surface area contributed by atoms with Gasteiger partial charge in [-0.1, -0.05) is 64.7 Å². The van der Waals surface area contributed by atoms with Crippen molar-refractivity contribution >= 4 is 7.75 Å². The molecule has 0 aliphatic heterocycles. The fraction of sp³-hybridized carbons (Fsp3) is 1.00. The van der Waals surface area contributed by atoms with Crippen LogP contribution in [0, 0.1) is 0 Å². The van der Waals surface area contributed by atoms with E-state index in [1.807, 2.05) is 5.25 Å². The maximum absolute atomic E-state index is 11.3. The van der Waals surface area contributed by atoms with Gasteiger partial charge in [-0.25, -0.2) is 4.57 Å². The standard InChI is InChI=1S/C14H32NO4P/c1-3-5-6-7-8-9-10-11-12-13-14-19-20(16,17)15-18-4-2/h3-14H2,1-2H3,(H2,15,16,17). The zero-order valence-electron chi connectivity index (χ0n) is 13.1. The van der Waals surface area contributed by atoms with Crippen molar-refractivity contribution in [3.05, 3.63) is 0 Å². The highest BCUT2D eigenvalue weighted by molar-refractivity contribution is 7.50. The van der Waals surface area contributed by atoms with E-state index in [2.05, 4.69) is 11.8 Å². The second kappa shape index (κ2) is 14.0. The molecule has 0 aromatic heterocycles. The van der Waals surface area contributed by atoms with Gasteiger partial charge in [0.25, 0.3) is 0 Å². The van der Waals surface area contributed by atoms with Gasteiger partial charge >= 0.3 is 7.75 Å². The highest BCUT2D eigenvalue weighted by Crippen LogP contribution is 2.36. The molecule has 5 nitrogen and oxygen atoms in total. The van der Waals surface area contributed by atoms with Crippen LogP contribution >= 0.6 is 7.75 Å². The van der Waals surface area contributed by atoms with Gasteiger partial charge < -0.3 is 4.89 Å². The molecule has 0 bridgehead atoms. The minimum absolute atomic E-state index is 0.296. The van der Waals surface area contributed by atoms with Gasteiger partial charge in [0, 0.05) is 0 Å². The maximum atomic E-state index is 11.3. The summed E-state index contributed by atoms with van der Waals surface area (Å²) in [5.74, 6) is 0. The highest BCUT2D eigenvalue weighted by Gasteiger charge is 2.18. The van der Waals surface area contributed by atoms with E-state index in [4.69, 9.17) is 4.52 Å². The highest BCUT2D eigenvalue weighted by atomic mass is 31.2. The molecule has 1 unspecified atom stereocenters. The number of nitrogens with one attached hydrogen (secondary N) is 1. The topological polar surface area (TPSA) is 67.8 Å². The molecule has 0 aromatic carbocycles. The normalized spacial score (nSPS) is 14.3. The van der Waals surface area contributed by atoms with Gasteiger partial charge in [-0.15, -0.1) is 5.25 Å². The van der Waals surface area contributed by atoms with Gasteiger partial charge in [-0.05, 0) is 13.3 Å². The van der Waals surface area contributed by atoms with E-state index < -0.39 is 7.75 Å². The molecule has 20 heavy (non-hydrogen) atoms. The molecule has 0 aliphatic rings. The lowest BCUT2D eigenvalue weighted by atomic mass is 10.1. The molecule has 1 atom stereocenters. The monoisotopic (exact) mass is 309 g/mol. The van der Waals surface area contributed by atoms with E-state index in [0.29, 0.717) is 13.2 Å². The largest absolute Gasteiger partial charge is 0.425 e. The molecular weight excluding hydrogens is 277 g/mol. The molecule has 0 radical (unpaired) electrons. The quantitative estimate of drug-likeness (QED) is 0.263. The van der Waals surface area contributed by atoms with Crippen LogP contribution < -0.4 is 5.25 Å². The summed E-state index contributed by atoms with van der Waals surface area (Å²) in [6.45, 7) is 4.59. The van der Waals surface area contributed by atoms with Gasteiger partial charge in [0.05, 0.1) is 13.2 Å². The Bertz CT molecular complexity index is 251. The molecule has 0 heterocycles. The summed E-state index contributed by atoms with van der Waals surface area (Å²) in [5.41, 5.74) is 0. The van der Waals surface area contributed by atoms with Gasteiger partial charge in [0.15, 0.2) is 0 Å². The summed E-state index contributed by atoms with van der Waals surface area (Å²) in [4.78, 5) is 13.9. The SMILES string of the molecule is CCCCCCCCCCCCOP(=O)(O)NOCC. The van der Waals surface area contributed by atoms with Crippen LogP contribution in [0.4, 0.5) is 0 Å². The van der Waals surface area contributed by atoms with Gasteiger partial charge in [-0.2, -0.15) is 0 Å². The van der Waals surface area contributed by atoms with Crippen LogP contribution in [-0.2, 0) is 13.9 Å². The van der Waals surface area contributed by atoms with Crippen LogP contribution in [0.2, 0.25) is 0 Å². The lowest BCUT2D eigenvalue weighted by Crippen LogP contribution is -2.13. The van der Waals surface area contributed by atoms with Crippen LogP contribution in [0.3, 0.4) is 0 Å². The average molecular weight is 309 g/mol. The molecule has 0 fully saturated rings. The van der Waals surface area contributed by atoms with E-state index in [0.717, 1.165) is 12.8 Å². The minimum atomic E-state index is -3.76. The first kappa shape index (κ1) is 20.1. The lowest BCUT2D eigenvalue weighted by molar-refractivity contribution is 0.0739. The summed E-state index contributed by atoms with van der Waals surface area (Å²) in [5, 5.41) is 2.03. The zero-order valence-corrected chi connectivity index (χ0v) is 14.0. The first-order chi connectivity index (χ1) is 9.62. The Labute approximate surface area is 124 Å². The number of unbranched alkanes of at least 4 members (excludes halogenated alkanes) is 9. The smallest absolute Gasteiger partial charge is 0.311 e. The molecule has 0 aliphatic carbocycles. The Morgan fingerprint density at radius 3 is 1.90 bits per heavy atom. The maximum Gasteiger partial charge on any atom is 0.425 e. The van der Waals surface area contributed by atoms with Crippen molar-refractivity contribution in [2.75, 3.05) is 13.2 Å². The summed E-state index contributed by atoms with van der Waals surface area (Å²) < 4.78 is 16.2. The number of hydrogen-bond donors (Lipinski definition) is 2. The van der Waals surface area contributed by atoms with Crippen LogP contribution in [0.25, 0.3) is 0 Å². The molecule has 0 rings (SSSR count). The molecule has 2 N–H and O–H groups in total. The Hall–Kier alpha value is 0.0700. The second-order valence-corrected chi connectivity index (χ2v) is 6.54. The van der Waals surface area contributed by atoms with Crippen molar-refractivity contribution in [1.82, 2.24) is 5.25 Å². The summed E-state index contributed by atoms with van der Waals surface area (Å²) in [7, 11) is -3.76. The third-order valence-corrected chi connectivity index (χ3v) is 3.98. The van der Waals surface area contributed by atoms with Crippen molar-refractivity contribution in [2.24, 2.45) is 0 Å². The van der Waals surface area contributed by atoms with Crippen LogP contribution in [0.5, 0.6) is 0 Å². The Kier molecular flexibility index (Phi) is 14.1. The van der Waals surface area contributed by atoms with Crippen LogP contribution in [0.15, 0.2) is 0 Å². The van der Waals surface area contributed by atoms with Crippen LogP contribution in [0.1, 0.15) is 78.1 Å². The van der Waals surface area contributed by atoms with E-state index in [-0.39, 0.29) is 0 Å². The Morgan fingerprint density at radius 1 is 0.900 bits per heavy atom. The van der Waals surface area contributed by atoms with Crippen molar-refractivity contribution in [3.63, 3.8) is 0 Å². The summed E-state index contributed by atoms with van der Waals surface area (Å²) in [6.07, 6.45) is 12.3. The molecule has 0 saturated carbocycles. The van der Waals surface area contributed by atoms with E-state index >= 15 is 0 Å². The van der Waals surface area contributed by atoms with Crippen LogP contribution in [-0.4, -0.2) is 18.1 Å². The second-order valence-electron chi connectivity index (χ2n) is 5.06. The average Bonchev–Trinajstić information content (AvgIpc) is 2.42. The molecule has 122 valence electrons. The zero-order chi connectivity index (χ0) is 15.1. The van der Waals surface area contributed by atoms with E-state index in [1.165, 1.54) is 51.4 Å². The first-order valence-corrected chi connectivity index (χ1v) is 9.56. The molecule has 6 heteroatoms. The van der Waals surface area contributed by atoms with Crippen molar-refractivity contribution < 1.29 is 18.8 Å². The summed E-state index contributed by atoms with van der Waals surface area (Å²) >= 11 is 0. The number of rotatable bonds is 15.